The maximum absolute atomic E-state index is 13.0. The summed E-state index contributed by atoms with van der Waals surface area (Å²) >= 11 is 6.26. The molecule has 3 aromatic rings. The van der Waals surface area contributed by atoms with E-state index in [9.17, 15) is 4.79 Å². The molecule has 1 aliphatic rings. The molecule has 0 atom stereocenters. The Kier molecular flexibility index (Phi) is 4.06. The summed E-state index contributed by atoms with van der Waals surface area (Å²) in [6.45, 7) is 1.37. The number of aryl methyl sites for hydroxylation is 1. The fraction of sp³-hybridized carbons (Fsp3) is 0.200. The Morgan fingerprint density at radius 2 is 1.80 bits per heavy atom. The van der Waals surface area contributed by atoms with E-state index >= 15 is 0 Å². The molecule has 0 saturated carbocycles. The third-order valence-electron chi connectivity index (χ3n) is 4.67. The predicted octanol–water partition coefficient (Wildman–Crippen LogP) is 3.94. The van der Waals surface area contributed by atoms with Gasteiger partial charge in [-0.15, -0.1) is 0 Å². The zero-order valence-corrected chi connectivity index (χ0v) is 14.7. The van der Waals surface area contributed by atoms with Crippen molar-refractivity contribution >= 4 is 17.5 Å². The van der Waals surface area contributed by atoms with Crippen LogP contribution in [0.5, 0.6) is 0 Å². The second kappa shape index (κ2) is 6.37. The topological polar surface area (TPSA) is 38.1 Å². The minimum Gasteiger partial charge on any atom is -0.333 e. The van der Waals surface area contributed by atoms with E-state index < -0.39 is 0 Å². The second-order valence-corrected chi connectivity index (χ2v) is 6.67. The summed E-state index contributed by atoms with van der Waals surface area (Å²) in [5.74, 6) is 0.00260. The van der Waals surface area contributed by atoms with Gasteiger partial charge in [-0.05, 0) is 29.7 Å². The van der Waals surface area contributed by atoms with Gasteiger partial charge < -0.3 is 4.90 Å². The monoisotopic (exact) mass is 351 g/mol. The van der Waals surface area contributed by atoms with Gasteiger partial charge in [0.1, 0.15) is 5.69 Å². The van der Waals surface area contributed by atoms with E-state index in [1.54, 1.807) is 11.7 Å². The van der Waals surface area contributed by atoms with Gasteiger partial charge in [0.25, 0.3) is 5.91 Å². The van der Waals surface area contributed by atoms with Crippen LogP contribution in [0.2, 0.25) is 5.02 Å². The Labute approximate surface area is 151 Å². The molecule has 0 unspecified atom stereocenters. The Morgan fingerprint density at radius 3 is 2.60 bits per heavy atom. The van der Waals surface area contributed by atoms with E-state index in [1.165, 1.54) is 11.1 Å². The fourth-order valence-electron chi connectivity index (χ4n) is 3.30. The highest BCUT2D eigenvalue weighted by Gasteiger charge is 2.24. The van der Waals surface area contributed by atoms with Crippen LogP contribution in [-0.4, -0.2) is 27.1 Å². The van der Waals surface area contributed by atoms with E-state index in [-0.39, 0.29) is 5.91 Å². The molecule has 0 N–H and O–H groups in total. The first-order valence-corrected chi connectivity index (χ1v) is 8.66. The summed E-state index contributed by atoms with van der Waals surface area (Å²) in [5.41, 5.74) is 4.68. The van der Waals surface area contributed by atoms with Crippen LogP contribution in [0.25, 0.3) is 11.3 Å². The number of hydrogen-bond donors (Lipinski definition) is 0. The van der Waals surface area contributed by atoms with Crippen molar-refractivity contribution in [2.45, 2.75) is 13.0 Å². The minimum absolute atomic E-state index is 0.00260. The van der Waals surface area contributed by atoms with Crippen molar-refractivity contribution in [1.29, 1.82) is 0 Å². The fourth-order valence-corrected chi connectivity index (χ4v) is 3.53. The summed E-state index contributed by atoms with van der Waals surface area (Å²) in [7, 11) is 1.80. The van der Waals surface area contributed by atoms with Gasteiger partial charge in [0.15, 0.2) is 0 Å². The zero-order chi connectivity index (χ0) is 17.4. The summed E-state index contributed by atoms with van der Waals surface area (Å²) in [5, 5.41) is 5.12. The molecule has 0 spiro atoms. The van der Waals surface area contributed by atoms with Gasteiger partial charge in [0.05, 0.1) is 10.7 Å². The average Bonchev–Trinajstić information content (AvgIpc) is 3.02. The number of fused-ring (bicyclic) bond motifs is 1. The number of amides is 1. The molecule has 0 saturated heterocycles. The minimum atomic E-state index is 0.00260. The van der Waals surface area contributed by atoms with Gasteiger partial charge in [0.2, 0.25) is 0 Å². The Morgan fingerprint density at radius 1 is 1.08 bits per heavy atom. The SMILES string of the molecule is Cn1nc(-c2ccccc2Cl)cc1C(=O)N1CCc2ccccc2C1. The number of halogens is 1. The van der Waals surface area contributed by atoms with Gasteiger partial charge >= 0.3 is 0 Å². The molecule has 0 aliphatic carbocycles. The molecule has 5 heteroatoms. The van der Waals surface area contributed by atoms with E-state index in [2.05, 4.69) is 17.2 Å². The number of carbonyl (C=O) groups excluding carboxylic acids is 1. The maximum atomic E-state index is 13.0. The second-order valence-electron chi connectivity index (χ2n) is 6.26. The standard InChI is InChI=1S/C20H18ClN3O/c1-23-19(12-18(22-23)16-8-4-5-9-17(16)21)20(25)24-11-10-14-6-2-3-7-15(14)13-24/h2-9,12H,10-11,13H2,1H3. The largest absolute Gasteiger partial charge is 0.333 e. The first-order valence-electron chi connectivity index (χ1n) is 8.28. The summed E-state index contributed by atoms with van der Waals surface area (Å²) in [6.07, 6.45) is 0.886. The van der Waals surface area contributed by atoms with Crippen molar-refractivity contribution < 1.29 is 4.79 Å². The molecule has 4 rings (SSSR count). The molecule has 1 aliphatic heterocycles. The first kappa shape index (κ1) is 15.9. The molecule has 1 aromatic heterocycles. The van der Waals surface area contributed by atoms with Gasteiger partial charge in [-0.2, -0.15) is 5.10 Å². The van der Waals surface area contributed by atoms with Crippen LogP contribution in [0.4, 0.5) is 0 Å². The quantitative estimate of drug-likeness (QED) is 0.701. The molecule has 0 bridgehead atoms. The maximum Gasteiger partial charge on any atom is 0.272 e. The molecular formula is C20H18ClN3O. The molecule has 2 aromatic carbocycles. The number of hydrogen-bond acceptors (Lipinski definition) is 2. The predicted molar refractivity (Wildman–Crippen MR) is 98.5 cm³/mol. The molecule has 0 fully saturated rings. The third-order valence-corrected chi connectivity index (χ3v) is 5.00. The van der Waals surface area contributed by atoms with E-state index in [1.807, 2.05) is 47.4 Å². The van der Waals surface area contributed by atoms with Crippen molar-refractivity contribution in [3.8, 4) is 11.3 Å². The van der Waals surface area contributed by atoms with Crippen LogP contribution in [0, 0.1) is 0 Å². The average molecular weight is 352 g/mol. The third kappa shape index (κ3) is 2.94. The highest BCUT2D eigenvalue weighted by molar-refractivity contribution is 6.33. The van der Waals surface area contributed by atoms with Crippen molar-refractivity contribution in [3.05, 3.63) is 76.4 Å². The number of rotatable bonds is 2. The highest BCUT2D eigenvalue weighted by Crippen LogP contribution is 2.28. The van der Waals surface area contributed by atoms with Crippen LogP contribution in [0.1, 0.15) is 21.6 Å². The normalized spacial score (nSPS) is 13.6. The number of nitrogens with zero attached hydrogens (tertiary/aromatic N) is 3. The van der Waals surface area contributed by atoms with Crippen LogP contribution in [0.3, 0.4) is 0 Å². The van der Waals surface area contributed by atoms with E-state index in [0.717, 1.165) is 18.5 Å². The molecule has 4 nitrogen and oxygen atoms in total. The van der Waals surface area contributed by atoms with Crippen molar-refractivity contribution in [1.82, 2.24) is 14.7 Å². The lowest BCUT2D eigenvalue weighted by molar-refractivity contribution is 0.0723. The summed E-state index contributed by atoms with van der Waals surface area (Å²) < 4.78 is 1.64. The Bertz CT molecular complexity index is 948. The van der Waals surface area contributed by atoms with E-state index in [4.69, 9.17) is 11.6 Å². The smallest absolute Gasteiger partial charge is 0.272 e. The van der Waals surface area contributed by atoms with Crippen LogP contribution >= 0.6 is 11.6 Å². The molecule has 0 radical (unpaired) electrons. The first-order chi connectivity index (χ1) is 12.1. The zero-order valence-electron chi connectivity index (χ0n) is 13.9. The number of aromatic nitrogens is 2. The lowest BCUT2D eigenvalue weighted by atomic mass is 10.00. The van der Waals surface area contributed by atoms with Crippen molar-refractivity contribution in [2.75, 3.05) is 6.54 Å². The molecule has 1 amide bonds. The van der Waals surface area contributed by atoms with Crippen LogP contribution < -0.4 is 0 Å². The highest BCUT2D eigenvalue weighted by atomic mass is 35.5. The molecule has 2 heterocycles. The molecular weight excluding hydrogens is 334 g/mol. The summed E-state index contributed by atoms with van der Waals surface area (Å²) in [6, 6.07) is 17.7. The van der Waals surface area contributed by atoms with Gasteiger partial charge in [0, 0.05) is 25.7 Å². The number of benzene rings is 2. The van der Waals surface area contributed by atoms with Gasteiger partial charge in [-0.25, -0.2) is 0 Å². The van der Waals surface area contributed by atoms with Crippen LogP contribution in [-0.2, 0) is 20.0 Å². The van der Waals surface area contributed by atoms with Gasteiger partial charge in [-0.3, -0.25) is 9.48 Å². The molecule has 126 valence electrons. The van der Waals surface area contributed by atoms with Crippen molar-refractivity contribution in [2.24, 2.45) is 7.05 Å². The van der Waals surface area contributed by atoms with Gasteiger partial charge in [-0.1, -0.05) is 54.1 Å². The van der Waals surface area contributed by atoms with Crippen LogP contribution in [0.15, 0.2) is 54.6 Å². The lowest BCUT2D eigenvalue weighted by Gasteiger charge is -2.28. The van der Waals surface area contributed by atoms with Crippen molar-refractivity contribution in [3.63, 3.8) is 0 Å². The van der Waals surface area contributed by atoms with E-state index in [0.29, 0.717) is 23.0 Å². The Hall–Kier alpha value is -2.59. The number of carbonyl (C=O) groups is 1. The molecule has 25 heavy (non-hydrogen) atoms. The summed E-state index contributed by atoms with van der Waals surface area (Å²) in [4.78, 5) is 14.9. The Balaban J connectivity index is 1.63. The lowest BCUT2D eigenvalue weighted by Crippen LogP contribution is -2.36.